The molecule has 110 valence electrons. The lowest BCUT2D eigenvalue weighted by atomic mass is 9.90. The predicted octanol–water partition coefficient (Wildman–Crippen LogP) is 2.08. The van der Waals surface area contributed by atoms with E-state index in [1.807, 2.05) is 13.8 Å². The molecule has 0 aliphatic rings. The van der Waals surface area contributed by atoms with Crippen LogP contribution in [0.1, 0.15) is 32.8 Å². The Bertz CT molecular complexity index is 465. The molecule has 0 fully saturated rings. The zero-order chi connectivity index (χ0) is 15.3. The number of aromatic hydroxyl groups is 1. The third kappa shape index (κ3) is 4.78. The fourth-order valence-corrected chi connectivity index (χ4v) is 2.12. The molecule has 3 N–H and O–H groups in total. The van der Waals surface area contributed by atoms with Gasteiger partial charge in [0, 0.05) is 18.3 Å². The summed E-state index contributed by atoms with van der Waals surface area (Å²) in [6.45, 7) is 5.44. The predicted molar refractivity (Wildman–Crippen MR) is 78.4 cm³/mol. The van der Waals surface area contributed by atoms with Crippen LogP contribution in [0.3, 0.4) is 0 Å². The molecule has 0 saturated carbocycles. The molecule has 0 radical (unpaired) electrons. The monoisotopic (exact) mass is 277 g/mol. The molecule has 0 bridgehead atoms. The lowest BCUT2D eigenvalue weighted by Crippen LogP contribution is -2.35. The maximum atomic E-state index is 12.0. The molecule has 0 unspecified atom stereocenters. The molecule has 0 amide bonds. The molecule has 1 aromatic carbocycles. The highest BCUT2D eigenvalue weighted by Gasteiger charge is 2.22. The Kier molecular flexibility index (Phi) is 5.89. The van der Waals surface area contributed by atoms with Gasteiger partial charge in [0.05, 0.1) is 6.04 Å². The van der Waals surface area contributed by atoms with Gasteiger partial charge in [-0.25, -0.2) is 0 Å². The van der Waals surface area contributed by atoms with Gasteiger partial charge in [0.2, 0.25) is 0 Å². The van der Waals surface area contributed by atoms with Crippen LogP contribution in [0.5, 0.6) is 5.75 Å². The minimum absolute atomic E-state index is 0.0638. The standard InChI is InChI=1S/C16H23NO3/c1-10(2)16(20)11(3)8-15(19)14(17)9-12-4-6-13(18)7-5-12/h4-7,10-11,14,18H,8-9,17H2,1-3H3/t11-,14+/m1/s1. The highest BCUT2D eigenvalue weighted by atomic mass is 16.3. The summed E-state index contributed by atoms with van der Waals surface area (Å²) in [5.41, 5.74) is 6.78. The molecule has 4 nitrogen and oxygen atoms in total. The molecular weight excluding hydrogens is 254 g/mol. The number of nitrogens with two attached hydrogens (primary N) is 1. The van der Waals surface area contributed by atoms with Crippen molar-refractivity contribution in [2.75, 3.05) is 0 Å². The van der Waals surface area contributed by atoms with Crippen LogP contribution in [0.15, 0.2) is 24.3 Å². The lowest BCUT2D eigenvalue weighted by Gasteiger charge is -2.15. The zero-order valence-corrected chi connectivity index (χ0v) is 12.3. The van der Waals surface area contributed by atoms with Crippen LogP contribution in [0, 0.1) is 11.8 Å². The maximum absolute atomic E-state index is 12.0. The van der Waals surface area contributed by atoms with Crippen LogP contribution < -0.4 is 5.73 Å². The van der Waals surface area contributed by atoms with E-state index in [9.17, 15) is 14.7 Å². The van der Waals surface area contributed by atoms with E-state index in [4.69, 9.17) is 5.73 Å². The number of ketones is 2. The Labute approximate surface area is 120 Å². The second-order valence-electron chi connectivity index (χ2n) is 5.61. The van der Waals surface area contributed by atoms with Crippen molar-refractivity contribution < 1.29 is 14.7 Å². The molecule has 2 atom stereocenters. The van der Waals surface area contributed by atoms with Gasteiger partial charge in [-0.15, -0.1) is 0 Å². The molecule has 1 rings (SSSR count). The van der Waals surface area contributed by atoms with E-state index < -0.39 is 6.04 Å². The smallest absolute Gasteiger partial charge is 0.150 e. The fraction of sp³-hybridized carbons (Fsp3) is 0.500. The number of benzene rings is 1. The first kappa shape index (κ1) is 16.4. The molecule has 0 aromatic heterocycles. The molecule has 0 aliphatic heterocycles. The Hall–Kier alpha value is -1.68. The number of hydrogen-bond donors (Lipinski definition) is 2. The van der Waals surface area contributed by atoms with Crippen LogP contribution in [-0.2, 0) is 16.0 Å². The van der Waals surface area contributed by atoms with Gasteiger partial charge in [0.1, 0.15) is 11.5 Å². The number of rotatable bonds is 7. The van der Waals surface area contributed by atoms with Crippen molar-refractivity contribution in [3.05, 3.63) is 29.8 Å². The van der Waals surface area contributed by atoms with Crippen LogP contribution in [-0.4, -0.2) is 22.7 Å². The van der Waals surface area contributed by atoms with Gasteiger partial charge in [0.25, 0.3) is 0 Å². The van der Waals surface area contributed by atoms with Crippen molar-refractivity contribution >= 4 is 11.6 Å². The van der Waals surface area contributed by atoms with Gasteiger partial charge in [-0.3, -0.25) is 9.59 Å². The summed E-state index contributed by atoms with van der Waals surface area (Å²) in [7, 11) is 0. The third-order valence-corrected chi connectivity index (χ3v) is 3.37. The Balaban J connectivity index is 2.55. The van der Waals surface area contributed by atoms with Crippen molar-refractivity contribution in [3.63, 3.8) is 0 Å². The molecule has 1 aromatic rings. The first-order valence-electron chi connectivity index (χ1n) is 6.91. The summed E-state index contributed by atoms with van der Waals surface area (Å²) < 4.78 is 0. The van der Waals surface area contributed by atoms with Crippen molar-refractivity contribution in [2.24, 2.45) is 17.6 Å². The number of carbonyl (C=O) groups is 2. The maximum Gasteiger partial charge on any atom is 0.150 e. The average molecular weight is 277 g/mol. The second kappa shape index (κ2) is 7.20. The molecule has 4 heteroatoms. The van der Waals surface area contributed by atoms with E-state index in [1.165, 1.54) is 0 Å². The summed E-state index contributed by atoms with van der Waals surface area (Å²) in [6.07, 6.45) is 0.609. The minimum atomic E-state index is -0.609. The number of phenolic OH excluding ortho intramolecular Hbond substituents is 1. The molecule has 0 spiro atoms. The molecule has 0 saturated heterocycles. The zero-order valence-electron chi connectivity index (χ0n) is 12.3. The Morgan fingerprint density at radius 2 is 1.70 bits per heavy atom. The highest BCUT2D eigenvalue weighted by Crippen LogP contribution is 2.14. The molecule has 0 aliphatic carbocycles. The van der Waals surface area contributed by atoms with E-state index in [2.05, 4.69) is 0 Å². The number of hydrogen-bond acceptors (Lipinski definition) is 4. The van der Waals surface area contributed by atoms with Gasteiger partial charge in [-0.1, -0.05) is 32.9 Å². The fourth-order valence-electron chi connectivity index (χ4n) is 2.12. The normalized spacial score (nSPS) is 14.1. The van der Waals surface area contributed by atoms with Gasteiger partial charge < -0.3 is 10.8 Å². The highest BCUT2D eigenvalue weighted by molar-refractivity contribution is 5.91. The first-order valence-corrected chi connectivity index (χ1v) is 6.91. The van der Waals surface area contributed by atoms with Gasteiger partial charge in [-0.2, -0.15) is 0 Å². The van der Waals surface area contributed by atoms with E-state index >= 15 is 0 Å². The van der Waals surface area contributed by atoms with Crippen LogP contribution in [0.4, 0.5) is 0 Å². The van der Waals surface area contributed by atoms with Crippen LogP contribution in [0.2, 0.25) is 0 Å². The van der Waals surface area contributed by atoms with Crippen molar-refractivity contribution in [3.8, 4) is 5.75 Å². The summed E-state index contributed by atoms with van der Waals surface area (Å²) >= 11 is 0. The van der Waals surface area contributed by atoms with E-state index in [1.54, 1.807) is 31.2 Å². The quantitative estimate of drug-likeness (QED) is 0.799. The van der Waals surface area contributed by atoms with E-state index in [0.29, 0.717) is 6.42 Å². The van der Waals surface area contributed by atoms with Crippen molar-refractivity contribution in [1.29, 1.82) is 0 Å². The summed E-state index contributed by atoms with van der Waals surface area (Å²) in [4.78, 5) is 23.8. The number of phenols is 1. The second-order valence-corrected chi connectivity index (χ2v) is 5.61. The molecule has 0 heterocycles. The lowest BCUT2D eigenvalue weighted by molar-refractivity contribution is -0.129. The minimum Gasteiger partial charge on any atom is -0.508 e. The number of Topliss-reactive ketones (excluding diaryl/α,β-unsaturated/α-hetero) is 2. The third-order valence-electron chi connectivity index (χ3n) is 3.37. The first-order chi connectivity index (χ1) is 9.31. The van der Waals surface area contributed by atoms with Gasteiger partial charge >= 0.3 is 0 Å². The summed E-state index contributed by atoms with van der Waals surface area (Å²) in [6, 6.07) is 6.01. The Morgan fingerprint density at radius 1 is 1.15 bits per heavy atom. The number of carbonyl (C=O) groups excluding carboxylic acids is 2. The van der Waals surface area contributed by atoms with E-state index in [0.717, 1.165) is 5.56 Å². The largest absolute Gasteiger partial charge is 0.508 e. The Morgan fingerprint density at radius 3 is 2.20 bits per heavy atom. The molecule has 20 heavy (non-hydrogen) atoms. The molecular formula is C16H23NO3. The van der Waals surface area contributed by atoms with Gasteiger partial charge in [-0.05, 0) is 24.1 Å². The topological polar surface area (TPSA) is 80.4 Å². The van der Waals surface area contributed by atoms with Gasteiger partial charge in [0.15, 0.2) is 5.78 Å². The van der Waals surface area contributed by atoms with Crippen LogP contribution >= 0.6 is 0 Å². The average Bonchev–Trinajstić information content (AvgIpc) is 2.40. The van der Waals surface area contributed by atoms with Crippen LogP contribution in [0.25, 0.3) is 0 Å². The van der Waals surface area contributed by atoms with Crippen molar-refractivity contribution in [1.82, 2.24) is 0 Å². The summed E-state index contributed by atoms with van der Waals surface area (Å²) in [5.74, 6) is -0.168. The van der Waals surface area contributed by atoms with Crippen molar-refractivity contribution in [2.45, 2.75) is 39.7 Å². The summed E-state index contributed by atoms with van der Waals surface area (Å²) in [5, 5.41) is 9.20. The SMILES string of the molecule is CC(C)C(=O)[C@H](C)CC(=O)[C@@H](N)Cc1ccc(O)cc1. The van der Waals surface area contributed by atoms with E-state index in [-0.39, 0.29) is 35.6 Å².